The standard InChI is InChI=1S/C19H23NO4/c1-3-4-6-9-16-13-12-15(18(21)23-2)14-20(16)19(22)24-17-10-7-5-8-11-17/h5,7-8,10-14,16H,3-4,6,9H2,1-2H3. The van der Waals surface area contributed by atoms with Gasteiger partial charge in [-0.2, -0.15) is 0 Å². The van der Waals surface area contributed by atoms with E-state index in [-0.39, 0.29) is 6.04 Å². The molecule has 128 valence electrons. The van der Waals surface area contributed by atoms with E-state index in [2.05, 4.69) is 6.92 Å². The molecule has 1 aliphatic heterocycles. The third-order valence-corrected chi connectivity index (χ3v) is 3.82. The number of benzene rings is 1. The van der Waals surface area contributed by atoms with Gasteiger partial charge in [0, 0.05) is 6.20 Å². The second-order valence-corrected chi connectivity index (χ2v) is 5.59. The highest BCUT2D eigenvalue weighted by atomic mass is 16.6. The van der Waals surface area contributed by atoms with E-state index in [1.807, 2.05) is 12.1 Å². The maximum atomic E-state index is 12.5. The molecule has 0 aliphatic carbocycles. The molecular weight excluding hydrogens is 306 g/mol. The molecule has 0 aromatic heterocycles. The van der Waals surface area contributed by atoms with E-state index in [1.165, 1.54) is 18.2 Å². The smallest absolute Gasteiger partial charge is 0.419 e. The number of methoxy groups -OCH3 is 1. The SMILES string of the molecule is CCCCCC1C=CC(C(=O)OC)=CN1C(=O)Oc1ccccc1. The number of para-hydroxylation sites is 1. The number of carbonyl (C=O) groups is 2. The van der Waals surface area contributed by atoms with Gasteiger partial charge < -0.3 is 9.47 Å². The molecule has 5 heteroatoms. The molecule has 5 nitrogen and oxygen atoms in total. The Labute approximate surface area is 142 Å². The Hall–Kier alpha value is -2.56. The minimum Gasteiger partial charge on any atom is -0.465 e. The predicted octanol–water partition coefficient (Wildman–Crippen LogP) is 4.06. The topological polar surface area (TPSA) is 55.8 Å². The van der Waals surface area contributed by atoms with Gasteiger partial charge in [0.2, 0.25) is 0 Å². The normalized spacial score (nSPS) is 16.5. The van der Waals surface area contributed by atoms with Crippen molar-refractivity contribution < 1.29 is 19.1 Å². The van der Waals surface area contributed by atoms with Crippen molar-refractivity contribution in [3.8, 4) is 5.75 Å². The lowest BCUT2D eigenvalue weighted by Crippen LogP contribution is -2.39. The summed E-state index contributed by atoms with van der Waals surface area (Å²) in [5, 5.41) is 0. The summed E-state index contributed by atoms with van der Waals surface area (Å²) in [6, 6.07) is 8.76. The lowest BCUT2D eigenvalue weighted by Gasteiger charge is -2.29. The van der Waals surface area contributed by atoms with Crippen molar-refractivity contribution in [1.29, 1.82) is 0 Å². The average molecular weight is 329 g/mol. The third kappa shape index (κ3) is 4.72. The fraction of sp³-hybridized carbons (Fsp3) is 0.368. The molecule has 1 aliphatic rings. The molecule has 1 heterocycles. The molecule has 1 atom stereocenters. The Balaban J connectivity index is 2.14. The number of carbonyl (C=O) groups excluding carboxylic acids is 2. The number of hydrogen-bond acceptors (Lipinski definition) is 4. The first-order valence-corrected chi connectivity index (χ1v) is 8.19. The molecule has 0 bridgehead atoms. The van der Waals surface area contributed by atoms with Crippen LogP contribution in [0.5, 0.6) is 5.75 Å². The molecule has 24 heavy (non-hydrogen) atoms. The zero-order valence-electron chi connectivity index (χ0n) is 14.1. The van der Waals surface area contributed by atoms with Crippen LogP contribution in [0.1, 0.15) is 32.6 Å². The molecule has 1 aromatic rings. The molecule has 1 amide bonds. The van der Waals surface area contributed by atoms with Crippen molar-refractivity contribution in [2.24, 2.45) is 0 Å². The number of ether oxygens (including phenoxy) is 2. The van der Waals surface area contributed by atoms with E-state index >= 15 is 0 Å². The minimum absolute atomic E-state index is 0.124. The van der Waals surface area contributed by atoms with Crippen molar-refractivity contribution >= 4 is 12.1 Å². The maximum absolute atomic E-state index is 12.5. The summed E-state index contributed by atoms with van der Waals surface area (Å²) < 4.78 is 10.1. The average Bonchev–Trinajstić information content (AvgIpc) is 2.62. The van der Waals surface area contributed by atoms with Crippen molar-refractivity contribution in [2.45, 2.75) is 38.6 Å². The fourth-order valence-corrected chi connectivity index (χ4v) is 2.50. The molecule has 1 unspecified atom stereocenters. The largest absolute Gasteiger partial charge is 0.465 e. The minimum atomic E-state index is -0.506. The van der Waals surface area contributed by atoms with Gasteiger partial charge >= 0.3 is 12.1 Å². The Morgan fingerprint density at radius 2 is 1.92 bits per heavy atom. The molecule has 0 fully saturated rings. The number of esters is 1. The molecule has 0 saturated heterocycles. The summed E-state index contributed by atoms with van der Waals surface area (Å²) >= 11 is 0. The van der Waals surface area contributed by atoms with E-state index in [0.717, 1.165) is 25.7 Å². The van der Waals surface area contributed by atoms with Crippen LogP contribution in [-0.4, -0.2) is 30.1 Å². The first kappa shape index (κ1) is 17.8. The van der Waals surface area contributed by atoms with Gasteiger partial charge in [-0.25, -0.2) is 9.59 Å². The Bertz CT molecular complexity index is 622. The van der Waals surface area contributed by atoms with Crippen LogP contribution in [0.4, 0.5) is 4.79 Å². The summed E-state index contributed by atoms with van der Waals surface area (Å²) in [6.45, 7) is 2.13. The van der Waals surface area contributed by atoms with E-state index < -0.39 is 12.1 Å². The number of unbranched alkanes of at least 4 members (excludes halogenated alkanes) is 2. The van der Waals surface area contributed by atoms with Gasteiger partial charge in [-0.3, -0.25) is 4.90 Å². The zero-order chi connectivity index (χ0) is 17.4. The summed E-state index contributed by atoms with van der Waals surface area (Å²) in [6.07, 6.45) is 8.58. The van der Waals surface area contributed by atoms with Gasteiger partial charge in [0.15, 0.2) is 0 Å². The highest BCUT2D eigenvalue weighted by Crippen LogP contribution is 2.22. The van der Waals surface area contributed by atoms with Gasteiger partial charge in [0.1, 0.15) is 5.75 Å². The van der Waals surface area contributed by atoms with Crippen LogP contribution in [0.15, 0.2) is 54.3 Å². The number of hydrogen-bond donors (Lipinski definition) is 0. The van der Waals surface area contributed by atoms with Crippen LogP contribution in [0.3, 0.4) is 0 Å². The Kier molecular flexibility index (Phi) is 6.61. The van der Waals surface area contributed by atoms with Crippen molar-refractivity contribution in [3.05, 3.63) is 54.3 Å². The predicted molar refractivity (Wildman–Crippen MR) is 91.5 cm³/mol. The van der Waals surface area contributed by atoms with Crippen LogP contribution in [0.2, 0.25) is 0 Å². The second kappa shape index (κ2) is 8.91. The van der Waals surface area contributed by atoms with Crippen LogP contribution in [0, 0.1) is 0 Å². The molecule has 2 rings (SSSR count). The summed E-state index contributed by atoms with van der Waals surface area (Å²) in [5.41, 5.74) is 0.328. The van der Waals surface area contributed by atoms with E-state index in [9.17, 15) is 9.59 Å². The van der Waals surface area contributed by atoms with Crippen molar-refractivity contribution in [3.63, 3.8) is 0 Å². The summed E-state index contributed by atoms with van der Waals surface area (Å²) in [7, 11) is 1.32. The summed E-state index contributed by atoms with van der Waals surface area (Å²) in [4.78, 5) is 25.7. The molecule has 0 spiro atoms. The van der Waals surface area contributed by atoms with Crippen LogP contribution < -0.4 is 4.74 Å². The van der Waals surface area contributed by atoms with Crippen molar-refractivity contribution in [2.75, 3.05) is 7.11 Å². The van der Waals surface area contributed by atoms with Gasteiger partial charge in [0.05, 0.1) is 18.7 Å². The van der Waals surface area contributed by atoms with Crippen LogP contribution in [0.25, 0.3) is 0 Å². The Morgan fingerprint density at radius 1 is 1.17 bits per heavy atom. The molecular formula is C19H23NO4. The second-order valence-electron chi connectivity index (χ2n) is 5.59. The number of amides is 1. The number of rotatable bonds is 6. The highest BCUT2D eigenvalue weighted by molar-refractivity contribution is 5.92. The molecule has 0 N–H and O–H groups in total. The van der Waals surface area contributed by atoms with E-state index in [0.29, 0.717) is 11.3 Å². The fourth-order valence-electron chi connectivity index (χ4n) is 2.50. The van der Waals surface area contributed by atoms with Gasteiger partial charge in [-0.1, -0.05) is 50.5 Å². The molecule has 1 aromatic carbocycles. The first-order chi connectivity index (χ1) is 11.7. The number of nitrogens with zero attached hydrogens (tertiary/aromatic N) is 1. The Morgan fingerprint density at radius 3 is 2.58 bits per heavy atom. The van der Waals surface area contributed by atoms with E-state index in [1.54, 1.807) is 30.3 Å². The third-order valence-electron chi connectivity index (χ3n) is 3.82. The highest BCUT2D eigenvalue weighted by Gasteiger charge is 2.26. The summed E-state index contributed by atoms with van der Waals surface area (Å²) in [5.74, 6) is -0.00634. The first-order valence-electron chi connectivity index (χ1n) is 8.19. The van der Waals surface area contributed by atoms with Gasteiger partial charge in [-0.05, 0) is 24.6 Å². The molecule has 0 radical (unpaired) electrons. The van der Waals surface area contributed by atoms with Gasteiger partial charge in [0.25, 0.3) is 0 Å². The van der Waals surface area contributed by atoms with Crippen LogP contribution in [-0.2, 0) is 9.53 Å². The monoisotopic (exact) mass is 329 g/mol. The zero-order valence-corrected chi connectivity index (χ0v) is 14.1. The van der Waals surface area contributed by atoms with E-state index in [4.69, 9.17) is 9.47 Å². The lowest BCUT2D eigenvalue weighted by molar-refractivity contribution is -0.135. The maximum Gasteiger partial charge on any atom is 0.419 e. The molecule has 0 saturated carbocycles. The quantitative estimate of drug-likeness (QED) is 0.583. The van der Waals surface area contributed by atoms with Crippen molar-refractivity contribution in [1.82, 2.24) is 4.90 Å². The van der Waals surface area contributed by atoms with Gasteiger partial charge in [-0.15, -0.1) is 0 Å². The van der Waals surface area contributed by atoms with Crippen LogP contribution >= 0.6 is 0 Å². The lowest BCUT2D eigenvalue weighted by atomic mass is 10.0.